The smallest absolute Gasteiger partial charge is 0.254 e. The quantitative estimate of drug-likeness (QED) is 0.0679. The zero-order chi connectivity index (χ0) is 33.4. The maximum atomic E-state index is 14.3. The van der Waals surface area contributed by atoms with Gasteiger partial charge in [-0.1, -0.05) is 156 Å². The zero-order valence-corrected chi connectivity index (χ0v) is 30.1. The normalized spacial score (nSPS) is 22.9. The van der Waals surface area contributed by atoms with E-state index in [4.69, 9.17) is 0 Å². The Bertz CT molecular complexity index is 1700. The monoisotopic (exact) mass is 704 g/mol. The highest BCUT2D eigenvalue weighted by Gasteiger charge is 2.66. The molecule has 2 aliphatic rings. The molecule has 4 atom stereocenters. The summed E-state index contributed by atoms with van der Waals surface area (Å²) < 4.78 is -1.73. The van der Waals surface area contributed by atoms with Crippen molar-refractivity contribution >= 4 is 56.9 Å². The fraction of sp³-hybridized carbons (Fsp3) is 0.250. The molecule has 0 saturated carbocycles. The molecule has 4 aromatic carbocycles. The average molecular weight is 705 g/mol. The van der Waals surface area contributed by atoms with Crippen LogP contribution in [0.15, 0.2) is 121 Å². The molecule has 0 spiro atoms. The summed E-state index contributed by atoms with van der Waals surface area (Å²) in [6.45, 7) is 5.12. The molecular weight excluding hydrogens is 669 g/mol. The van der Waals surface area contributed by atoms with Crippen LogP contribution in [0, 0.1) is 23.7 Å². The number of nitrogens with zero attached hydrogens (tertiary/aromatic N) is 2. The summed E-state index contributed by atoms with van der Waals surface area (Å²) in [5.74, 6) is 15.3. The molecule has 0 bridgehead atoms. The predicted octanol–water partition coefficient (Wildman–Crippen LogP) is 8.19. The summed E-state index contributed by atoms with van der Waals surface area (Å²) >= 11 is 3.24. The molecule has 8 heteroatoms. The van der Waals surface area contributed by atoms with E-state index in [2.05, 4.69) is 37.5 Å². The van der Waals surface area contributed by atoms with Gasteiger partial charge in [0.25, 0.3) is 11.8 Å². The van der Waals surface area contributed by atoms with Crippen molar-refractivity contribution in [1.29, 1.82) is 0 Å². The van der Waals surface area contributed by atoms with Gasteiger partial charge in [-0.25, -0.2) is 0 Å². The number of hydrogen-bond donors (Lipinski definition) is 0. The molecule has 2 fully saturated rings. The summed E-state index contributed by atoms with van der Waals surface area (Å²) in [5.41, 5.74) is 3.93. The van der Waals surface area contributed by atoms with Crippen molar-refractivity contribution in [2.24, 2.45) is 0 Å². The standard InChI is InChI=1S/C40H36N2O2S4/c1-3-45-39(35(27-25-31-17-9-5-10-18-31)41(37(39)43)29-33-21-13-7-14-22-33)47-48-40(46-4-2)36(28-26-32-19-11-6-12-20-32)42(38(40)44)30-34-23-15-8-16-24-34/h5-24,35-36H,3-4,29-30H2,1-2H3/t35-,36-,39+,40+/m1/s1. The van der Waals surface area contributed by atoms with Gasteiger partial charge in [0.15, 0.2) is 8.16 Å². The molecule has 2 saturated heterocycles. The fourth-order valence-corrected chi connectivity index (χ4v) is 13.3. The Morgan fingerprint density at radius 1 is 0.542 bits per heavy atom. The van der Waals surface area contributed by atoms with E-state index in [1.165, 1.54) is 21.6 Å². The second-order valence-corrected chi connectivity index (χ2v) is 17.4. The number of β-lactam (4-membered cyclic amide) rings is 2. The maximum Gasteiger partial charge on any atom is 0.254 e. The van der Waals surface area contributed by atoms with E-state index >= 15 is 0 Å². The number of likely N-dealkylation sites (tertiary alicyclic amines) is 2. The molecular formula is C40H36N2O2S4. The van der Waals surface area contributed by atoms with Crippen LogP contribution in [0.3, 0.4) is 0 Å². The lowest BCUT2D eigenvalue weighted by Crippen LogP contribution is -2.71. The molecule has 0 unspecified atom stereocenters. The van der Waals surface area contributed by atoms with Gasteiger partial charge < -0.3 is 9.80 Å². The van der Waals surface area contributed by atoms with Gasteiger partial charge in [0.05, 0.1) is 0 Å². The second kappa shape index (κ2) is 15.7. The molecule has 0 aromatic heterocycles. The van der Waals surface area contributed by atoms with Crippen molar-refractivity contribution in [3.05, 3.63) is 144 Å². The minimum absolute atomic E-state index is 0.0412. The van der Waals surface area contributed by atoms with Gasteiger partial charge in [-0.15, -0.1) is 23.5 Å². The molecule has 2 heterocycles. The van der Waals surface area contributed by atoms with Gasteiger partial charge in [0.1, 0.15) is 12.1 Å². The molecule has 6 rings (SSSR count). The van der Waals surface area contributed by atoms with Crippen LogP contribution in [0.25, 0.3) is 0 Å². The first-order chi connectivity index (χ1) is 23.5. The van der Waals surface area contributed by atoms with Crippen molar-refractivity contribution in [3.63, 3.8) is 0 Å². The van der Waals surface area contributed by atoms with Gasteiger partial charge in [-0.2, -0.15) is 0 Å². The van der Waals surface area contributed by atoms with E-state index in [0.717, 1.165) is 33.8 Å². The highest BCUT2D eigenvalue weighted by Crippen LogP contribution is 2.63. The predicted molar refractivity (Wildman–Crippen MR) is 205 cm³/mol. The van der Waals surface area contributed by atoms with E-state index in [0.29, 0.717) is 13.1 Å². The van der Waals surface area contributed by atoms with Gasteiger partial charge in [0.2, 0.25) is 0 Å². The average Bonchev–Trinajstić information content (AvgIpc) is 3.13. The van der Waals surface area contributed by atoms with Crippen LogP contribution in [0.1, 0.15) is 36.1 Å². The third-order valence-corrected chi connectivity index (χ3v) is 15.4. The summed E-state index contributed by atoms with van der Waals surface area (Å²) in [7, 11) is 3.02. The van der Waals surface area contributed by atoms with Crippen LogP contribution in [0.4, 0.5) is 0 Å². The number of amides is 2. The highest BCUT2D eigenvalue weighted by molar-refractivity contribution is 8.81. The molecule has 0 aliphatic carbocycles. The van der Waals surface area contributed by atoms with E-state index in [9.17, 15) is 9.59 Å². The Hall–Kier alpha value is -3.66. The Kier molecular flexibility index (Phi) is 11.2. The van der Waals surface area contributed by atoms with E-state index < -0.39 is 8.16 Å². The number of hydrogen-bond acceptors (Lipinski definition) is 6. The van der Waals surface area contributed by atoms with Crippen LogP contribution < -0.4 is 0 Å². The topological polar surface area (TPSA) is 40.6 Å². The lowest BCUT2D eigenvalue weighted by atomic mass is 9.98. The van der Waals surface area contributed by atoms with Gasteiger partial charge in [0, 0.05) is 24.2 Å². The van der Waals surface area contributed by atoms with E-state index in [-0.39, 0.29) is 23.9 Å². The van der Waals surface area contributed by atoms with Crippen molar-refractivity contribution in [3.8, 4) is 23.7 Å². The van der Waals surface area contributed by atoms with Crippen LogP contribution in [-0.4, -0.2) is 53.4 Å². The Labute approximate surface area is 300 Å². The molecule has 48 heavy (non-hydrogen) atoms. The largest absolute Gasteiger partial charge is 0.320 e. The highest BCUT2D eigenvalue weighted by atomic mass is 33.1. The summed E-state index contributed by atoms with van der Waals surface area (Å²) in [6, 6.07) is 39.2. The molecule has 4 aromatic rings. The maximum absolute atomic E-state index is 14.3. The number of carbonyl (C=O) groups is 2. The molecule has 0 N–H and O–H groups in total. The minimum Gasteiger partial charge on any atom is -0.320 e. The Morgan fingerprint density at radius 2 is 0.875 bits per heavy atom. The van der Waals surface area contributed by atoms with Crippen LogP contribution in [-0.2, 0) is 22.7 Å². The second-order valence-electron chi connectivity index (χ2n) is 11.3. The van der Waals surface area contributed by atoms with E-state index in [1.54, 1.807) is 23.5 Å². The first kappa shape index (κ1) is 34.2. The van der Waals surface area contributed by atoms with Crippen molar-refractivity contribution in [2.75, 3.05) is 11.5 Å². The molecule has 0 radical (unpaired) electrons. The fourth-order valence-electron chi connectivity index (χ4n) is 5.77. The molecule has 2 amide bonds. The van der Waals surface area contributed by atoms with Crippen molar-refractivity contribution < 1.29 is 9.59 Å². The van der Waals surface area contributed by atoms with Crippen molar-refractivity contribution in [1.82, 2.24) is 9.80 Å². The molecule has 4 nitrogen and oxygen atoms in total. The SMILES string of the molecule is CCS[C@@]1(SS[C@]2(SCC)C(=O)N(Cc3ccccc3)[C@@H]2C#Cc2ccccc2)C(=O)N(Cc2ccccc2)[C@@H]1C#Cc1ccccc1. The molecule has 2 aliphatic heterocycles. The number of thioether (sulfide) groups is 2. The van der Waals surface area contributed by atoms with Crippen molar-refractivity contribution in [2.45, 2.75) is 47.2 Å². The zero-order valence-electron chi connectivity index (χ0n) is 26.9. The molecule has 242 valence electrons. The number of carbonyl (C=O) groups excluding carboxylic acids is 2. The number of benzene rings is 4. The lowest BCUT2D eigenvalue weighted by molar-refractivity contribution is -0.145. The third kappa shape index (κ3) is 7.05. The van der Waals surface area contributed by atoms with Gasteiger partial charge >= 0.3 is 0 Å². The lowest BCUT2D eigenvalue weighted by Gasteiger charge is -2.56. The van der Waals surface area contributed by atoms with Gasteiger partial charge in [-0.3, -0.25) is 9.59 Å². The summed E-state index contributed by atoms with van der Waals surface area (Å²) in [5, 5.41) is 0. The van der Waals surface area contributed by atoms with Crippen LogP contribution in [0.2, 0.25) is 0 Å². The first-order valence-electron chi connectivity index (χ1n) is 16.0. The number of rotatable bonds is 11. The first-order valence-corrected chi connectivity index (χ1v) is 20.1. The Balaban J connectivity index is 1.34. The minimum atomic E-state index is -0.866. The van der Waals surface area contributed by atoms with Crippen LogP contribution in [0.5, 0.6) is 0 Å². The van der Waals surface area contributed by atoms with E-state index in [1.807, 2.05) is 131 Å². The third-order valence-electron chi connectivity index (χ3n) is 8.11. The Morgan fingerprint density at radius 3 is 1.21 bits per heavy atom. The summed E-state index contributed by atoms with van der Waals surface area (Å²) in [4.78, 5) is 32.4. The van der Waals surface area contributed by atoms with Crippen LogP contribution >= 0.6 is 45.1 Å². The summed E-state index contributed by atoms with van der Waals surface area (Å²) in [6.07, 6.45) is 0. The van der Waals surface area contributed by atoms with Gasteiger partial charge in [-0.05, 0) is 46.9 Å².